The number of aromatic nitrogens is 3. The van der Waals surface area contributed by atoms with Crippen molar-refractivity contribution >= 4 is 57.1 Å². The molecule has 2 heterocycles. The Balaban J connectivity index is 1.62. The van der Waals surface area contributed by atoms with Crippen LogP contribution in [0.15, 0.2) is 72.8 Å². The number of nitrogen functional groups attached to an aromatic ring is 1. The highest BCUT2D eigenvalue weighted by Crippen LogP contribution is 2.30. The van der Waals surface area contributed by atoms with E-state index in [0.717, 1.165) is 11.1 Å². The summed E-state index contributed by atoms with van der Waals surface area (Å²) < 4.78 is 1.78. The van der Waals surface area contributed by atoms with E-state index in [1.165, 1.54) is 0 Å². The van der Waals surface area contributed by atoms with Crippen LogP contribution < -0.4 is 11.1 Å². The van der Waals surface area contributed by atoms with Crippen LogP contribution in [0.2, 0.25) is 10.0 Å². The van der Waals surface area contributed by atoms with Crippen molar-refractivity contribution in [2.75, 3.05) is 5.73 Å². The topological polar surface area (TPSA) is 85.8 Å². The third kappa shape index (κ3) is 3.99. The van der Waals surface area contributed by atoms with Crippen LogP contribution in [-0.2, 0) is 13.1 Å². The first-order chi connectivity index (χ1) is 16.0. The number of nitrogens with one attached hydrogen (secondary N) is 1. The molecule has 5 aromatic rings. The molecule has 0 atom stereocenters. The summed E-state index contributed by atoms with van der Waals surface area (Å²) in [5.74, 6) is -0.0724. The van der Waals surface area contributed by atoms with Gasteiger partial charge in [0.1, 0.15) is 16.9 Å². The average molecular weight is 476 g/mol. The summed E-state index contributed by atoms with van der Waals surface area (Å²) in [5, 5.41) is 4.10. The maximum atomic E-state index is 13.3. The lowest BCUT2D eigenvalue weighted by molar-refractivity contribution is 0.0953. The van der Waals surface area contributed by atoms with E-state index >= 15 is 0 Å². The zero-order valence-corrected chi connectivity index (χ0v) is 18.9. The molecule has 33 heavy (non-hydrogen) atoms. The van der Waals surface area contributed by atoms with Crippen molar-refractivity contribution in [1.29, 1.82) is 0 Å². The fourth-order valence-corrected chi connectivity index (χ4v) is 4.20. The van der Waals surface area contributed by atoms with Gasteiger partial charge in [-0.05, 0) is 35.4 Å². The van der Waals surface area contributed by atoms with Gasteiger partial charge < -0.3 is 15.6 Å². The second-order valence-corrected chi connectivity index (χ2v) is 8.41. The van der Waals surface area contributed by atoms with Crippen LogP contribution in [-0.4, -0.2) is 20.4 Å². The Bertz CT molecular complexity index is 1510. The lowest BCUT2D eigenvalue weighted by Crippen LogP contribution is -2.24. The Hall–Kier alpha value is -3.61. The first kappa shape index (κ1) is 21.2. The molecular formula is C25H19Cl2N5O. The SMILES string of the molecule is Nc1c(C(=O)NCc2ccccc2Cl)c2nc3ccccc3nc2n1Cc1ccccc1Cl. The number of benzene rings is 3. The second-order valence-electron chi connectivity index (χ2n) is 7.60. The van der Waals surface area contributed by atoms with Crippen LogP contribution in [0.4, 0.5) is 5.82 Å². The maximum Gasteiger partial charge on any atom is 0.257 e. The number of halogens is 2. The summed E-state index contributed by atoms with van der Waals surface area (Å²) in [6, 6.07) is 22.4. The summed E-state index contributed by atoms with van der Waals surface area (Å²) in [6.07, 6.45) is 0. The number of amides is 1. The fourth-order valence-electron chi connectivity index (χ4n) is 3.80. The van der Waals surface area contributed by atoms with E-state index < -0.39 is 0 Å². The molecule has 2 aromatic heterocycles. The monoisotopic (exact) mass is 475 g/mol. The highest BCUT2D eigenvalue weighted by atomic mass is 35.5. The van der Waals surface area contributed by atoms with Crippen molar-refractivity contribution in [2.45, 2.75) is 13.1 Å². The molecule has 0 saturated carbocycles. The van der Waals surface area contributed by atoms with E-state index in [-0.39, 0.29) is 23.8 Å². The quantitative estimate of drug-likeness (QED) is 0.353. The molecule has 5 rings (SSSR count). The van der Waals surface area contributed by atoms with Gasteiger partial charge in [-0.2, -0.15) is 0 Å². The standard InChI is InChI=1S/C25H19Cl2N5O/c26-17-9-3-1-7-15(17)13-29-25(33)21-22-24(31-20-12-6-5-11-19(20)30-22)32(23(21)28)14-16-8-2-4-10-18(16)27/h1-12H,13-14,28H2,(H,29,33). The van der Waals surface area contributed by atoms with Crippen molar-refractivity contribution in [3.63, 3.8) is 0 Å². The predicted octanol–water partition coefficient (Wildman–Crippen LogP) is 5.45. The Morgan fingerprint density at radius 2 is 1.42 bits per heavy atom. The van der Waals surface area contributed by atoms with Gasteiger partial charge in [0.05, 0.1) is 17.6 Å². The third-order valence-electron chi connectivity index (χ3n) is 5.50. The molecule has 0 aliphatic heterocycles. The van der Waals surface area contributed by atoms with Crippen LogP contribution in [0.3, 0.4) is 0 Å². The first-order valence-electron chi connectivity index (χ1n) is 10.3. The molecule has 0 saturated heterocycles. The van der Waals surface area contributed by atoms with Gasteiger partial charge in [0.25, 0.3) is 5.91 Å². The minimum absolute atomic E-state index is 0.260. The van der Waals surface area contributed by atoms with E-state index in [2.05, 4.69) is 5.32 Å². The molecule has 3 aromatic carbocycles. The lowest BCUT2D eigenvalue weighted by atomic mass is 10.2. The third-order valence-corrected chi connectivity index (χ3v) is 6.24. The summed E-state index contributed by atoms with van der Waals surface area (Å²) in [6.45, 7) is 0.614. The smallest absolute Gasteiger partial charge is 0.257 e. The van der Waals surface area contributed by atoms with Gasteiger partial charge in [-0.15, -0.1) is 0 Å². The first-order valence-corrected chi connectivity index (χ1v) is 11.1. The summed E-state index contributed by atoms with van der Waals surface area (Å²) >= 11 is 12.6. The van der Waals surface area contributed by atoms with Crippen molar-refractivity contribution in [1.82, 2.24) is 19.9 Å². The molecular weight excluding hydrogens is 457 g/mol. The number of nitrogens with two attached hydrogens (primary N) is 1. The summed E-state index contributed by atoms with van der Waals surface area (Å²) in [5.41, 5.74) is 10.8. The number of hydrogen-bond donors (Lipinski definition) is 2. The Labute approximate surface area is 200 Å². The molecule has 0 spiro atoms. The number of para-hydroxylation sites is 2. The molecule has 6 nitrogen and oxygen atoms in total. The van der Waals surface area contributed by atoms with Crippen LogP contribution in [0.1, 0.15) is 21.5 Å². The van der Waals surface area contributed by atoms with Gasteiger partial charge >= 0.3 is 0 Å². The van der Waals surface area contributed by atoms with E-state index in [9.17, 15) is 4.79 Å². The number of anilines is 1. The molecule has 164 valence electrons. The average Bonchev–Trinajstić information content (AvgIpc) is 3.08. The highest BCUT2D eigenvalue weighted by Gasteiger charge is 2.24. The molecule has 0 bridgehead atoms. The normalized spacial score (nSPS) is 11.2. The van der Waals surface area contributed by atoms with E-state index in [4.69, 9.17) is 38.9 Å². The summed E-state index contributed by atoms with van der Waals surface area (Å²) in [7, 11) is 0. The number of hydrogen-bond acceptors (Lipinski definition) is 4. The molecule has 0 fully saturated rings. The van der Waals surface area contributed by atoms with Gasteiger partial charge in [-0.25, -0.2) is 9.97 Å². The molecule has 0 aliphatic rings. The van der Waals surface area contributed by atoms with Gasteiger partial charge in [-0.3, -0.25) is 4.79 Å². The Morgan fingerprint density at radius 3 is 2.09 bits per heavy atom. The van der Waals surface area contributed by atoms with Crippen LogP contribution in [0.5, 0.6) is 0 Å². The van der Waals surface area contributed by atoms with Crippen molar-refractivity contribution in [3.05, 3.63) is 99.5 Å². The Morgan fingerprint density at radius 1 is 0.848 bits per heavy atom. The van der Waals surface area contributed by atoms with Crippen LogP contribution in [0.25, 0.3) is 22.2 Å². The van der Waals surface area contributed by atoms with E-state index in [0.29, 0.717) is 38.8 Å². The number of nitrogens with zero attached hydrogens (tertiary/aromatic N) is 3. The number of rotatable bonds is 5. The molecule has 1 amide bonds. The molecule has 3 N–H and O–H groups in total. The van der Waals surface area contributed by atoms with Gasteiger partial charge in [0.2, 0.25) is 0 Å². The largest absolute Gasteiger partial charge is 0.384 e. The summed E-state index contributed by atoms with van der Waals surface area (Å²) in [4.78, 5) is 22.8. The lowest BCUT2D eigenvalue weighted by Gasteiger charge is -2.10. The van der Waals surface area contributed by atoms with Crippen LogP contribution >= 0.6 is 23.2 Å². The van der Waals surface area contributed by atoms with Crippen molar-refractivity contribution < 1.29 is 4.79 Å². The molecule has 8 heteroatoms. The van der Waals surface area contributed by atoms with Crippen molar-refractivity contribution in [2.24, 2.45) is 0 Å². The number of carbonyl (C=O) groups is 1. The zero-order chi connectivity index (χ0) is 22.9. The molecule has 0 aliphatic carbocycles. The van der Waals surface area contributed by atoms with Gasteiger partial charge in [0.15, 0.2) is 5.65 Å². The van der Waals surface area contributed by atoms with Crippen molar-refractivity contribution in [3.8, 4) is 0 Å². The minimum Gasteiger partial charge on any atom is -0.384 e. The molecule has 0 radical (unpaired) electrons. The zero-order valence-electron chi connectivity index (χ0n) is 17.4. The predicted molar refractivity (Wildman–Crippen MR) is 133 cm³/mol. The second kappa shape index (κ2) is 8.73. The fraction of sp³-hybridized carbons (Fsp3) is 0.0800. The minimum atomic E-state index is -0.347. The maximum absolute atomic E-state index is 13.3. The molecule has 0 unspecified atom stereocenters. The van der Waals surface area contributed by atoms with Crippen LogP contribution in [0, 0.1) is 0 Å². The Kier molecular flexibility index (Phi) is 5.62. The highest BCUT2D eigenvalue weighted by molar-refractivity contribution is 6.31. The number of fused-ring (bicyclic) bond motifs is 2. The van der Waals surface area contributed by atoms with Gasteiger partial charge in [0, 0.05) is 16.6 Å². The van der Waals surface area contributed by atoms with E-state index in [1.54, 1.807) is 10.6 Å². The number of carbonyl (C=O) groups excluding carboxylic acids is 1. The van der Waals surface area contributed by atoms with Gasteiger partial charge in [-0.1, -0.05) is 71.7 Å². The van der Waals surface area contributed by atoms with E-state index in [1.807, 2.05) is 66.7 Å².